The molecule has 3 rings (SSSR count). The average Bonchev–Trinajstić information content (AvgIpc) is 3.01. The molecular weight excluding hydrogens is 340 g/mol. The predicted octanol–water partition coefficient (Wildman–Crippen LogP) is 2.38. The molecule has 8 heteroatoms. The monoisotopic (exact) mass is 358 g/mol. The summed E-state index contributed by atoms with van der Waals surface area (Å²) in [6.07, 6.45) is 2.48. The first-order valence-corrected chi connectivity index (χ1v) is 8.73. The molecule has 22 heavy (non-hydrogen) atoms. The lowest BCUT2D eigenvalue weighted by molar-refractivity contribution is -0.127. The number of nitrogens with zero attached hydrogens (tertiary/aromatic N) is 3. The van der Waals surface area contributed by atoms with Crippen molar-refractivity contribution < 1.29 is 4.79 Å². The third kappa shape index (κ3) is 3.37. The SMILES string of the molecule is Cc1sc2ncnc(SCC(=O)N3CC[C@@H](N)C3)c2c1C.Cl. The molecule has 1 amide bonds. The van der Waals surface area contributed by atoms with Crippen molar-refractivity contribution in [2.45, 2.75) is 31.3 Å². The molecule has 2 aromatic rings. The van der Waals surface area contributed by atoms with Gasteiger partial charge in [-0.25, -0.2) is 9.97 Å². The number of aryl methyl sites for hydroxylation is 2. The Morgan fingerprint density at radius 2 is 2.27 bits per heavy atom. The van der Waals surface area contributed by atoms with Gasteiger partial charge in [-0.05, 0) is 25.8 Å². The summed E-state index contributed by atoms with van der Waals surface area (Å²) in [5, 5.41) is 2.00. The summed E-state index contributed by atoms with van der Waals surface area (Å²) >= 11 is 3.17. The first-order valence-electron chi connectivity index (χ1n) is 6.93. The fraction of sp³-hybridized carbons (Fsp3) is 0.500. The van der Waals surface area contributed by atoms with Gasteiger partial charge >= 0.3 is 0 Å². The van der Waals surface area contributed by atoms with Gasteiger partial charge < -0.3 is 10.6 Å². The van der Waals surface area contributed by atoms with Crippen molar-refractivity contribution in [3.05, 3.63) is 16.8 Å². The number of amides is 1. The summed E-state index contributed by atoms with van der Waals surface area (Å²) in [6, 6.07) is 0.131. The number of thiophene rings is 1. The Morgan fingerprint density at radius 3 is 2.95 bits per heavy atom. The molecule has 1 saturated heterocycles. The maximum absolute atomic E-state index is 12.2. The standard InChI is InChI=1S/C14H18N4OS2.ClH/c1-8-9(2)21-14-12(8)13(16-7-17-14)20-6-11(19)18-4-3-10(15)5-18;/h7,10H,3-6,15H2,1-2H3;1H/t10-;/m1./s1. The minimum atomic E-state index is 0. The zero-order valence-corrected chi connectivity index (χ0v) is 15.0. The minimum Gasteiger partial charge on any atom is -0.340 e. The Kier molecular flexibility index (Phi) is 5.65. The van der Waals surface area contributed by atoms with Gasteiger partial charge in [0.1, 0.15) is 16.2 Å². The molecule has 0 saturated carbocycles. The number of carbonyl (C=O) groups excluding carboxylic acids is 1. The van der Waals surface area contributed by atoms with Crippen LogP contribution in [0.1, 0.15) is 16.9 Å². The molecule has 3 heterocycles. The van der Waals surface area contributed by atoms with E-state index in [4.69, 9.17) is 5.73 Å². The first kappa shape index (κ1) is 17.5. The van der Waals surface area contributed by atoms with Gasteiger partial charge in [0.05, 0.1) is 5.75 Å². The average molecular weight is 359 g/mol. The zero-order chi connectivity index (χ0) is 15.0. The summed E-state index contributed by atoms with van der Waals surface area (Å²) in [6.45, 7) is 5.63. The molecule has 0 radical (unpaired) electrons. The molecule has 1 aliphatic heterocycles. The Balaban J connectivity index is 0.00000176. The maximum atomic E-state index is 12.2. The second-order valence-corrected chi connectivity index (χ2v) is 7.49. The number of thioether (sulfide) groups is 1. The Morgan fingerprint density at radius 1 is 1.50 bits per heavy atom. The van der Waals surface area contributed by atoms with Crippen molar-refractivity contribution in [3.8, 4) is 0 Å². The smallest absolute Gasteiger partial charge is 0.233 e. The normalized spacial score (nSPS) is 17.8. The number of nitrogens with two attached hydrogens (primary N) is 1. The lowest BCUT2D eigenvalue weighted by Crippen LogP contribution is -2.33. The zero-order valence-electron chi connectivity index (χ0n) is 12.5. The van der Waals surface area contributed by atoms with E-state index in [-0.39, 0.29) is 24.4 Å². The van der Waals surface area contributed by atoms with Gasteiger partial charge in [-0.15, -0.1) is 23.7 Å². The molecule has 0 aliphatic carbocycles. The van der Waals surface area contributed by atoms with E-state index in [9.17, 15) is 4.79 Å². The minimum absolute atomic E-state index is 0. The molecule has 1 atom stereocenters. The number of carbonyl (C=O) groups is 1. The van der Waals surface area contributed by atoms with Gasteiger partial charge in [-0.3, -0.25) is 4.79 Å². The molecule has 1 fully saturated rings. The molecule has 2 aromatic heterocycles. The van der Waals surface area contributed by atoms with Crippen LogP contribution in [0.15, 0.2) is 11.4 Å². The number of hydrogen-bond donors (Lipinski definition) is 1. The van der Waals surface area contributed by atoms with Gasteiger partial charge in [0.25, 0.3) is 0 Å². The van der Waals surface area contributed by atoms with Crippen LogP contribution in [-0.4, -0.2) is 45.7 Å². The van der Waals surface area contributed by atoms with E-state index >= 15 is 0 Å². The quantitative estimate of drug-likeness (QED) is 0.673. The number of hydrogen-bond acceptors (Lipinski definition) is 6. The summed E-state index contributed by atoms with van der Waals surface area (Å²) in [4.78, 5) is 25.0. The molecule has 0 unspecified atom stereocenters. The number of halogens is 1. The summed E-state index contributed by atoms with van der Waals surface area (Å²) in [5.74, 6) is 0.553. The van der Waals surface area contributed by atoms with E-state index in [1.165, 1.54) is 22.2 Å². The lowest BCUT2D eigenvalue weighted by Gasteiger charge is -2.15. The third-order valence-electron chi connectivity index (χ3n) is 3.84. The van der Waals surface area contributed by atoms with Crippen LogP contribution in [0.4, 0.5) is 0 Å². The van der Waals surface area contributed by atoms with E-state index in [1.807, 2.05) is 4.90 Å². The molecule has 0 bridgehead atoms. The van der Waals surface area contributed by atoms with E-state index < -0.39 is 0 Å². The van der Waals surface area contributed by atoms with Crippen molar-refractivity contribution in [1.29, 1.82) is 0 Å². The first-order chi connectivity index (χ1) is 10.1. The molecule has 0 spiro atoms. The van der Waals surface area contributed by atoms with Crippen molar-refractivity contribution in [2.75, 3.05) is 18.8 Å². The second kappa shape index (κ2) is 7.12. The van der Waals surface area contributed by atoms with Gasteiger partial charge in [0.2, 0.25) is 5.91 Å². The molecule has 120 valence electrons. The summed E-state index contributed by atoms with van der Waals surface area (Å²) < 4.78 is 0. The van der Waals surface area contributed by atoms with Crippen LogP contribution in [0.25, 0.3) is 10.2 Å². The van der Waals surface area contributed by atoms with Crippen molar-refractivity contribution >= 4 is 51.6 Å². The van der Waals surface area contributed by atoms with Crippen LogP contribution < -0.4 is 5.73 Å². The van der Waals surface area contributed by atoms with E-state index in [2.05, 4.69) is 23.8 Å². The lowest BCUT2D eigenvalue weighted by atomic mass is 10.2. The van der Waals surface area contributed by atoms with Crippen molar-refractivity contribution in [3.63, 3.8) is 0 Å². The highest BCUT2D eigenvalue weighted by molar-refractivity contribution is 8.00. The Labute approximate surface area is 144 Å². The summed E-state index contributed by atoms with van der Waals surface area (Å²) in [7, 11) is 0. The van der Waals surface area contributed by atoms with Crippen LogP contribution in [0.5, 0.6) is 0 Å². The number of aromatic nitrogens is 2. The molecule has 0 aromatic carbocycles. The van der Waals surface area contributed by atoms with Gasteiger partial charge in [0.15, 0.2) is 0 Å². The van der Waals surface area contributed by atoms with Gasteiger partial charge in [-0.1, -0.05) is 11.8 Å². The summed E-state index contributed by atoms with van der Waals surface area (Å²) in [5.41, 5.74) is 7.06. The molecule has 2 N–H and O–H groups in total. The number of rotatable bonds is 3. The van der Waals surface area contributed by atoms with Crippen LogP contribution in [0.3, 0.4) is 0 Å². The fourth-order valence-electron chi connectivity index (χ4n) is 2.49. The Bertz CT molecular complexity index is 691. The van der Waals surface area contributed by atoms with Gasteiger partial charge in [-0.2, -0.15) is 0 Å². The van der Waals surface area contributed by atoms with E-state index in [1.54, 1.807) is 17.7 Å². The fourth-order valence-corrected chi connectivity index (χ4v) is 4.51. The van der Waals surface area contributed by atoms with Crippen LogP contribution in [-0.2, 0) is 4.79 Å². The van der Waals surface area contributed by atoms with Crippen molar-refractivity contribution in [1.82, 2.24) is 14.9 Å². The largest absolute Gasteiger partial charge is 0.340 e. The van der Waals surface area contributed by atoms with Crippen molar-refractivity contribution in [2.24, 2.45) is 5.73 Å². The predicted molar refractivity (Wildman–Crippen MR) is 94.0 cm³/mol. The topological polar surface area (TPSA) is 72.1 Å². The highest BCUT2D eigenvalue weighted by atomic mass is 35.5. The van der Waals surface area contributed by atoms with Crippen LogP contribution >= 0.6 is 35.5 Å². The van der Waals surface area contributed by atoms with E-state index in [0.29, 0.717) is 12.3 Å². The second-order valence-electron chi connectivity index (χ2n) is 5.32. The number of likely N-dealkylation sites (tertiary alicyclic amines) is 1. The van der Waals surface area contributed by atoms with Crippen LogP contribution in [0, 0.1) is 13.8 Å². The third-order valence-corrected chi connectivity index (χ3v) is 5.93. The Hall–Kier alpha value is -0.890. The highest BCUT2D eigenvalue weighted by Gasteiger charge is 2.24. The number of fused-ring (bicyclic) bond motifs is 1. The van der Waals surface area contributed by atoms with Crippen LogP contribution in [0.2, 0.25) is 0 Å². The molecule has 1 aliphatic rings. The van der Waals surface area contributed by atoms with Gasteiger partial charge in [0, 0.05) is 29.4 Å². The maximum Gasteiger partial charge on any atom is 0.233 e. The van der Waals surface area contributed by atoms with E-state index in [0.717, 1.165) is 28.2 Å². The molecule has 5 nitrogen and oxygen atoms in total. The molecular formula is C14H19ClN4OS2. The highest BCUT2D eigenvalue weighted by Crippen LogP contribution is 2.34.